The molecule has 0 aliphatic rings. The van der Waals surface area contributed by atoms with Crippen molar-refractivity contribution >= 4 is 37.2 Å². The molecule has 0 spiro atoms. The summed E-state index contributed by atoms with van der Waals surface area (Å²) in [5.74, 6) is 1.87. The third-order valence-corrected chi connectivity index (χ3v) is 11.7. The maximum absolute atomic E-state index is 7.73. The van der Waals surface area contributed by atoms with Crippen molar-refractivity contribution in [2.45, 2.75) is 0 Å². The minimum atomic E-state index is 0.622. The van der Waals surface area contributed by atoms with Crippen LogP contribution in [0.4, 0.5) is 5.69 Å². The molecule has 8 aromatic carbocycles. The zero-order valence-electron chi connectivity index (χ0n) is 30.7. The molecule has 0 radical (unpaired) electrons. The average Bonchev–Trinajstić information content (AvgIpc) is 3.69. The van der Waals surface area contributed by atoms with Crippen molar-refractivity contribution in [1.29, 1.82) is 0 Å². The van der Waals surface area contributed by atoms with Crippen LogP contribution in [0.1, 0.15) is 0 Å². The molecule has 0 N–H and O–H groups in total. The molecule has 0 unspecified atom stereocenters. The van der Waals surface area contributed by atoms with E-state index in [-0.39, 0.29) is 0 Å². The van der Waals surface area contributed by atoms with E-state index >= 15 is 0 Å². The van der Waals surface area contributed by atoms with Gasteiger partial charge in [0.15, 0.2) is 23.2 Å². The van der Waals surface area contributed by atoms with Crippen LogP contribution in [0.3, 0.4) is 0 Å². The molecule has 266 valence electrons. The first-order valence-corrected chi connectivity index (χ1v) is 19.6. The van der Waals surface area contributed by atoms with Gasteiger partial charge in [-0.05, 0) is 57.1 Å². The smallest absolute Gasteiger partial charge is 0.194 e. The summed E-state index contributed by atoms with van der Waals surface area (Å²) in [6.07, 6.45) is 0. The monoisotopic (exact) mass is 744 g/mol. The second-order valence-corrected chi connectivity index (χ2v) is 14.9. The van der Waals surface area contributed by atoms with Gasteiger partial charge >= 0.3 is 0 Å². The Labute approximate surface area is 334 Å². The standard InChI is InChI=1S/C52H32N4S/c1-53-46-25-15-14-24-41(46)36-26-28-37(29-27-36)42-30-31-43(52-55-50(38-20-10-4-11-21-38)54-51(56-52)39-22-12-5-13-23-39)47-45-33-40(34-16-6-2-7-17-34)32-44(48(45)57-49(42)47)35-18-8-3-9-19-35/h2-33H. The highest BCUT2D eigenvalue weighted by Crippen LogP contribution is 2.49. The summed E-state index contributed by atoms with van der Waals surface area (Å²) in [6, 6.07) is 67.0. The third-order valence-electron chi connectivity index (χ3n) is 10.4. The number of thiophene rings is 1. The average molecular weight is 745 g/mol. The van der Waals surface area contributed by atoms with Gasteiger partial charge in [0.2, 0.25) is 0 Å². The molecule has 4 nitrogen and oxygen atoms in total. The molecule has 2 aromatic heterocycles. The van der Waals surface area contributed by atoms with Gasteiger partial charge in [0.05, 0.1) is 6.57 Å². The molecule has 0 saturated heterocycles. The molecule has 0 bridgehead atoms. The van der Waals surface area contributed by atoms with Gasteiger partial charge in [-0.2, -0.15) is 0 Å². The summed E-state index contributed by atoms with van der Waals surface area (Å²) in [6.45, 7) is 7.73. The van der Waals surface area contributed by atoms with E-state index in [0.29, 0.717) is 23.2 Å². The van der Waals surface area contributed by atoms with E-state index in [9.17, 15) is 0 Å². The lowest BCUT2D eigenvalue weighted by Gasteiger charge is -2.12. The first kappa shape index (κ1) is 34.0. The fourth-order valence-corrected chi connectivity index (χ4v) is 8.98. The highest BCUT2D eigenvalue weighted by molar-refractivity contribution is 7.27. The molecule has 10 aromatic rings. The van der Waals surface area contributed by atoms with Crippen molar-refractivity contribution in [3.05, 3.63) is 206 Å². The highest BCUT2D eigenvalue weighted by Gasteiger charge is 2.22. The molecule has 5 heteroatoms. The molecular weight excluding hydrogens is 713 g/mol. The van der Waals surface area contributed by atoms with Crippen LogP contribution >= 0.6 is 11.3 Å². The van der Waals surface area contributed by atoms with Gasteiger partial charge in [-0.1, -0.05) is 176 Å². The van der Waals surface area contributed by atoms with Gasteiger partial charge in [-0.3, -0.25) is 0 Å². The number of para-hydroxylation sites is 1. The van der Waals surface area contributed by atoms with Crippen LogP contribution in [-0.2, 0) is 0 Å². The fourth-order valence-electron chi connectivity index (χ4n) is 7.60. The molecule has 0 aliphatic carbocycles. The SMILES string of the molecule is [C-]#[N+]c1ccccc1-c1ccc(-c2ccc(-c3nc(-c4ccccc4)nc(-c4ccccc4)n3)c3c2sc2c(-c4ccccc4)cc(-c4ccccc4)cc23)cc1. The van der Waals surface area contributed by atoms with E-state index in [1.807, 2.05) is 96.3 Å². The molecule has 0 atom stereocenters. The lowest BCUT2D eigenvalue weighted by atomic mass is 9.93. The molecule has 0 fully saturated rings. The first-order valence-electron chi connectivity index (χ1n) is 18.8. The van der Waals surface area contributed by atoms with Gasteiger partial charge < -0.3 is 0 Å². The van der Waals surface area contributed by atoms with Crippen LogP contribution in [0, 0.1) is 6.57 Å². The molecule has 0 saturated carbocycles. The third kappa shape index (κ3) is 6.34. The zero-order chi connectivity index (χ0) is 38.1. The Bertz CT molecular complexity index is 3040. The Morgan fingerprint density at radius 3 is 1.42 bits per heavy atom. The maximum atomic E-state index is 7.73. The molecule has 57 heavy (non-hydrogen) atoms. The molecular formula is C52H32N4S. The van der Waals surface area contributed by atoms with Crippen molar-refractivity contribution in [3.8, 4) is 78.7 Å². The minimum absolute atomic E-state index is 0.622. The van der Waals surface area contributed by atoms with Crippen molar-refractivity contribution in [1.82, 2.24) is 15.0 Å². The number of hydrogen-bond acceptors (Lipinski definition) is 4. The van der Waals surface area contributed by atoms with E-state index in [0.717, 1.165) is 71.1 Å². The summed E-state index contributed by atoms with van der Waals surface area (Å²) in [5, 5.41) is 2.26. The molecule has 0 amide bonds. The Balaban J connectivity index is 1.27. The van der Waals surface area contributed by atoms with Crippen LogP contribution in [0.15, 0.2) is 194 Å². The van der Waals surface area contributed by atoms with Crippen LogP contribution < -0.4 is 0 Å². The van der Waals surface area contributed by atoms with Gasteiger partial charge in [0.25, 0.3) is 0 Å². The van der Waals surface area contributed by atoms with Gasteiger partial charge in [-0.25, -0.2) is 19.8 Å². The lowest BCUT2D eigenvalue weighted by Crippen LogP contribution is -2.00. The second-order valence-electron chi connectivity index (χ2n) is 13.8. The number of fused-ring (bicyclic) bond motifs is 3. The number of benzene rings is 8. The normalized spacial score (nSPS) is 11.1. The summed E-state index contributed by atoms with van der Waals surface area (Å²) >= 11 is 1.81. The number of nitrogens with zero attached hydrogens (tertiary/aromatic N) is 4. The van der Waals surface area contributed by atoms with E-state index in [1.54, 1.807) is 0 Å². The second kappa shape index (κ2) is 14.6. The molecule has 0 aliphatic heterocycles. The number of aromatic nitrogens is 3. The van der Waals surface area contributed by atoms with Crippen LogP contribution in [0.5, 0.6) is 0 Å². The van der Waals surface area contributed by atoms with E-state index < -0.39 is 0 Å². The Kier molecular flexibility index (Phi) is 8.72. The predicted molar refractivity (Wildman–Crippen MR) is 237 cm³/mol. The summed E-state index contributed by atoms with van der Waals surface area (Å²) in [4.78, 5) is 19.2. The van der Waals surface area contributed by atoms with Crippen molar-refractivity contribution < 1.29 is 0 Å². The van der Waals surface area contributed by atoms with Crippen LogP contribution in [0.25, 0.3) is 104 Å². The quantitative estimate of drug-likeness (QED) is 0.153. The number of rotatable bonds is 7. The first-order chi connectivity index (χ1) is 28.2. The van der Waals surface area contributed by atoms with Crippen molar-refractivity contribution in [2.75, 3.05) is 0 Å². The number of hydrogen-bond donors (Lipinski definition) is 0. The summed E-state index contributed by atoms with van der Waals surface area (Å²) < 4.78 is 2.36. The summed E-state index contributed by atoms with van der Waals surface area (Å²) in [7, 11) is 0. The minimum Gasteiger partial charge on any atom is -0.238 e. The Morgan fingerprint density at radius 2 is 0.825 bits per heavy atom. The van der Waals surface area contributed by atoms with E-state index in [4.69, 9.17) is 21.5 Å². The summed E-state index contributed by atoms with van der Waals surface area (Å²) in [5.41, 5.74) is 12.3. The zero-order valence-corrected chi connectivity index (χ0v) is 31.5. The fraction of sp³-hybridized carbons (Fsp3) is 0. The molecule has 2 heterocycles. The van der Waals surface area contributed by atoms with E-state index in [1.165, 1.54) is 10.3 Å². The predicted octanol–water partition coefficient (Wildman–Crippen LogP) is 14.5. The van der Waals surface area contributed by atoms with Crippen LogP contribution in [0.2, 0.25) is 0 Å². The Hall–Kier alpha value is -7.52. The molecule has 10 rings (SSSR count). The lowest BCUT2D eigenvalue weighted by molar-refractivity contribution is 1.08. The van der Waals surface area contributed by atoms with Crippen LogP contribution in [-0.4, -0.2) is 15.0 Å². The highest BCUT2D eigenvalue weighted by atomic mass is 32.1. The van der Waals surface area contributed by atoms with E-state index in [2.05, 4.69) is 114 Å². The van der Waals surface area contributed by atoms with Gasteiger partial charge in [0, 0.05) is 42.4 Å². The largest absolute Gasteiger partial charge is 0.238 e. The topological polar surface area (TPSA) is 43.0 Å². The van der Waals surface area contributed by atoms with Gasteiger partial charge in [-0.15, -0.1) is 11.3 Å². The Morgan fingerprint density at radius 1 is 0.351 bits per heavy atom. The van der Waals surface area contributed by atoms with Crippen molar-refractivity contribution in [3.63, 3.8) is 0 Å². The van der Waals surface area contributed by atoms with Gasteiger partial charge in [0.1, 0.15) is 0 Å². The maximum Gasteiger partial charge on any atom is 0.194 e. The van der Waals surface area contributed by atoms with Crippen molar-refractivity contribution in [2.24, 2.45) is 0 Å².